The summed E-state index contributed by atoms with van der Waals surface area (Å²) in [5, 5.41) is 5.97. The Morgan fingerprint density at radius 1 is 0.583 bits per heavy atom. The number of rotatable bonds is 15. The Balaban J connectivity index is 1.62. The van der Waals surface area contributed by atoms with Crippen molar-refractivity contribution in [3.8, 4) is 23.0 Å². The molecule has 0 saturated heterocycles. The number of nitrogens with one attached hydrogen (secondary N) is 2. The molecule has 0 radical (unpaired) electrons. The van der Waals surface area contributed by atoms with E-state index in [0.717, 1.165) is 47.9 Å². The lowest BCUT2D eigenvalue weighted by Crippen LogP contribution is -2.27. The lowest BCUT2D eigenvalue weighted by molar-refractivity contribution is -0.121. The largest absolute Gasteiger partial charge is 0.493 e. The maximum absolute atomic E-state index is 12.3. The molecule has 8 heteroatoms. The lowest BCUT2D eigenvalue weighted by Gasteiger charge is -2.13. The van der Waals surface area contributed by atoms with E-state index >= 15 is 0 Å². The van der Waals surface area contributed by atoms with Crippen LogP contribution in [-0.2, 0) is 22.4 Å². The molecule has 0 aliphatic carbocycles. The van der Waals surface area contributed by atoms with Crippen molar-refractivity contribution in [3.05, 3.63) is 46.5 Å². The maximum atomic E-state index is 12.3. The van der Waals surface area contributed by atoms with E-state index in [4.69, 9.17) is 18.9 Å². The van der Waals surface area contributed by atoms with Crippen LogP contribution in [0.2, 0.25) is 0 Å². The van der Waals surface area contributed by atoms with Gasteiger partial charge < -0.3 is 29.6 Å². The fraction of sp³-hybridized carbons (Fsp3) is 0.500. The van der Waals surface area contributed by atoms with Crippen molar-refractivity contribution in [2.75, 3.05) is 41.5 Å². The summed E-state index contributed by atoms with van der Waals surface area (Å²) in [6.45, 7) is 5.18. The fourth-order valence-electron chi connectivity index (χ4n) is 3.96. The highest BCUT2D eigenvalue weighted by molar-refractivity contribution is 5.79. The number of benzene rings is 2. The topological polar surface area (TPSA) is 95.1 Å². The summed E-state index contributed by atoms with van der Waals surface area (Å²) in [7, 11) is 6.36. The first-order valence-electron chi connectivity index (χ1n) is 12.3. The van der Waals surface area contributed by atoms with Crippen LogP contribution in [0.5, 0.6) is 23.0 Å². The van der Waals surface area contributed by atoms with Gasteiger partial charge in [-0.2, -0.15) is 0 Å². The summed E-state index contributed by atoms with van der Waals surface area (Å²) < 4.78 is 21.3. The molecule has 0 saturated carbocycles. The number of hydrogen-bond donors (Lipinski definition) is 2. The third kappa shape index (κ3) is 8.66. The van der Waals surface area contributed by atoms with Gasteiger partial charge in [0.05, 0.1) is 41.3 Å². The van der Waals surface area contributed by atoms with Crippen LogP contribution in [0.25, 0.3) is 0 Å². The van der Waals surface area contributed by atoms with Crippen molar-refractivity contribution >= 4 is 11.8 Å². The molecule has 2 aromatic carbocycles. The molecule has 2 amide bonds. The van der Waals surface area contributed by atoms with Gasteiger partial charge in [-0.3, -0.25) is 9.59 Å². The van der Waals surface area contributed by atoms with Crippen molar-refractivity contribution in [1.82, 2.24) is 10.6 Å². The van der Waals surface area contributed by atoms with Gasteiger partial charge in [0.2, 0.25) is 11.8 Å². The molecule has 0 spiro atoms. The zero-order valence-corrected chi connectivity index (χ0v) is 22.4. The highest BCUT2D eigenvalue weighted by atomic mass is 16.5. The predicted molar refractivity (Wildman–Crippen MR) is 140 cm³/mol. The van der Waals surface area contributed by atoms with E-state index in [1.54, 1.807) is 28.4 Å². The van der Waals surface area contributed by atoms with Crippen molar-refractivity contribution in [1.29, 1.82) is 0 Å². The van der Waals surface area contributed by atoms with E-state index in [9.17, 15) is 9.59 Å². The van der Waals surface area contributed by atoms with Crippen LogP contribution in [-0.4, -0.2) is 53.3 Å². The van der Waals surface area contributed by atoms with E-state index in [-0.39, 0.29) is 11.8 Å². The van der Waals surface area contributed by atoms with Crippen molar-refractivity contribution in [2.24, 2.45) is 0 Å². The molecule has 36 heavy (non-hydrogen) atoms. The van der Waals surface area contributed by atoms with E-state index < -0.39 is 0 Å². The van der Waals surface area contributed by atoms with Crippen LogP contribution in [0, 0.1) is 13.8 Å². The first-order valence-corrected chi connectivity index (χ1v) is 12.3. The molecule has 0 aromatic heterocycles. The molecular weight excluding hydrogens is 460 g/mol. The zero-order valence-electron chi connectivity index (χ0n) is 22.4. The SMILES string of the molecule is COc1cc(C)c(CC(=O)NCCCCCCNC(=O)Cc2cc(OC)c(OC)cc2C)cc1OC. The van der Waals surface area contributed by atoms with Gasteiger partial charge in [0.1, 0.15) is 0 Å². The number of amides is 2. The Hall–Kier alpha value is -3.42. The normalized spacial score (nSPS) is 10.5. The Kier molecular flexibility index (Phi) is 11.9. The number of aryl methyl sites for hydroxylation is 2. The standard InChI is InChI=1S/C28H40N2O6/c1-19-13-23(33-3)25(35-5)15-21(19)17-27(31)29-11-9-7-8-10-12-30-28(32)18-22-16-26(36-6)24(34-4)14-20(22)2/h13-16H,7-12,17-18H2,1-6H3,(H,29,31)(H,30,32). The molecule has 198 valence electrons. The highest BCUT2D eigenvalue weighted by Crippen LogP contribution is 2.31. The number of hydrogen-bond acceptors (Lipinski definition) is 6. The van der Waals surface area contributed by atoms with Crippen molar-refractivity contribution in [3.63, 3.8) is 0 Å². The van der Waals surface area contributed by atoms with Gasteiger partial charge in [0.15, 0.2) is 23.0 Å². The molecule has 2 aromatic rings. The molecule has 0 aliphatic rings. The summed E-state index contributed by atoms with van der Waals surface area (Å²) in [6.07, 6.45) is 4.38. The minimum absolute atomic E-state index is 0.0111. The lowest BCUT2D eigenvalue weighted by atomic mass is 10.0. The number of carbonyl (C=O) groups is 2. The predicted octanol–water partition coefficient (Wildman–Crippen LogP) is 3.92. The second-order valence-corrected chi connectivity index (χ2v) is 8.74. The van der Waals surface area contributed by atoms with Crippen LogP contribution < -0.4 is 29.6 Å². The smallest absolute Gasteiger partial charge is 0.224 e. The molecule has 0 atom stereocenters. The average Bonchev–Trinajstić information content (AvgIpc) is 2.87. The molecular formula is C28H40N2O6. The van der Waals surface area contributed by atoms with Gasteiger partial charge >= 0.3 is 0 Å². The highest BCUT2D eigenvalue weighted by Gasteiger charge is 2.13. The average molecular weight is 501 g/mol. The van der Waals surface area contributed by atoms with Crippen molar-refractivity contribution < 1.29 is 28.5 Å². The van der Waals surface area contributed by atoms with Crippen LogP contribution >= 0.6 is 0 Å². The van der Waals surface area contributed by atoms with Gasteiger partial charge in [0.25, 0.3) is 0 Å². The molecule has 0 bridgehead atoms. The number of carbonyl (C=O) groups excluding carboxylic acids is 2. The monoisotopic (exact) mass is 500 g/mol. The summed E-state index contributed by atoms with van der Waals surface area (Å²) in [6, 6.07) is 7.48. The molecule has 0 fully saturated rings. The first kappa shape index (κ1) is 28.8. The summed E-state index contributed by atoms with van der Waals surface area (Å²) in [5.41, 5.74) is 3.82. The molecule has 8 nitrogen and oxygen atoms in total. The van der Waals surface area contributed by atoms with Crippen LogP contribution in [0.15, 0.2) is 24.3 Å². The summed E-state index contributed by atoms with van der Waals surface area (Å²) in [4.78, 5) is 24.7. The van der Waals surface area contributed by atoms with Crippen LogP contribution in [0.3, 0.4) is 0 Å². The van der Waals surface area contributed by atoms with Gasteiger partial charge in [-0.1, -0.05) is 12.8 Å². The van der Waals surface area contributed by atoms with E-state index in [1.807, 2.05) is 38.1 Å². The van der Waals surface area contributed by atoms with E-state index in [0.29, 0.717) is 48.9 Å². The second-order valence-electron chi connectivity index (χ2n) is 8.74. The maximum Gasteiger partial charge on any atom is 0.224 e. The number of unbranched alkanes of at least 4 members (excludes halogenated alkanes) is 3. The van der Waals surface area contributed by atoms with Crippen LogP contribution in [0.4, 0.5) is 0 Å². The van der Waals surface area contributed by atoms with Gasteiger partial charge in [-0.15, -0.1) is 0 Å². The van der Waals surface area contributed by atoms with E-state index in [2.05, 4.69) is 10.6 Å². The van der Waals surface area contributed by atoms with E-state index in [1.165, 1.54) is 0 Å². The Labute approximate surface area is 214 Å². The Morgan fingerprint density at radius 2 is 0.917 bits per heavy atom. The second kappa shape index (κ2) is 14.9. The van der Waals surface area contributed by atoms with Gasteiger partial charge in [-0.25, -0.2) is 0 Å². The van der Waals surface area contributed by atoms with Gasteiger partial charge in [-0.05, 0) is 73.2 Å². The Morgan fingerprint density at radius 3 is 1.25 bits per heavy atom. The molecule has 0 heterocycles. The third-order valence-corrected chi connectivity index (χ3v) is 6.13. The molecule has 0 aliphatic heterocycles. The zero-order chi connectivity index (χ0) is 26.5. The number of ether oxygens (including phenoxy) is 4. The molecule has 0 unspecified atom stereocenters. The van der Waals surface area contributed by atoms with Gasteiger partial charge in [0, 0.05) is 13.1 Å². The van der Waals surface area contributed by atoms with Crippen molar-refractivity contribution in [2.45, 2.75) is 52.4 Å². The van der Waals surface area contributed by atoms with Crippen LogP contribution in [0.1, 0.15) is 47.9 Å². The quantitative estimate of drug-likeness (QED) is 0.360. The minimum Gasteiger partial charge on any atom is -0.493 e. The Bertz CT molecular complexity index is 940. The first-order chi connectivity index (χ1) is 17.3. The summed E-state index contributed by atoms with van der Waals surface area (Å²) >= 11 is 0. The molecule has 2 rings (SSSR count). The summed E-state index contributed by atoms with van der Waals surface area (Å²) in [5.74, 6) is 2.54. The number of methoxy groups -OCH3 is 4. The minimum atomic E-state index is -0.0111. The molecule has 2 N–H and O–H groups in total. The fourth-order valence-corrected chi connectivity index (χ4v) is 3.96. The third-order valence-electron chi connectivity index (χ3n) is 6.13.